The van der Waals surface area contributed by atoms with Gasteiger partial charge in [-0.3, -0.25) is 0 Å². The minimum atomic E-state index is -0.0850. The third-order valence-electron chi connectivity index (χ3n) is 1.39. The van der Waals surface area contributed by atoms with Crippen molar-refractivity contribution >= 4 is 23.2 Å². The average Bonchev–Trinajstić information content (AvgIpc) is 2.01. The lowest BCUT2D eigenvalue weighted by atomic mass is 10.2. The van der Waals surface area contributed by atoms with Gasteiger partial charge in [0.25, 0.3) is 0 Å². The van der Waals surface area contributed by atoms with E-state index >= 15 is 0 Å². The second-order valence-electron chi connectivity index (χ2n) is 2.34. The van der Waals surface area contributed by atoms with E-state index in [9.17, 15) is 5.11 Å². The zero-order valence-corrected chi connectivity index (χ0v) is 7.99. The van der Waals surface area contributed by atoms with E-state index in [0.717, 1.165) is 5.56 Å². The van der Waals surface area contributed by atoms with Crippen LogP contribution in [0, 0.1) is 0 Å². The molecule has 1 rings (SSSR count). The van der Waals surface area contributed by atoms with E-state index in [-0.39, 0.29) is 15.8 Å². The van der Waals surface area contributed by atoms with Gasteiger partial charge in [-0.15, -0.1) is 0 Å². The Balaban J connectivity index is 3.04. The summed E-state index contributed by atoms with van der Waals surface area (Å²) in [5.74, 6) is -0.0850. The van der Waals surface area contributed by atoms with Crippen molar-refractivity contribution in [3.63, 3.8) is 0 Å². The van der Waals surface area contributed by atoms with Gasteiger partial charge in [0.15, 0.2) is 5.75 Å². The highest BCUT2D eigenvalue weighted by molar-refractivity contribution is 6.37. The molecule has 0 aliphatic rings. The number of hydrogen-bond donors (Lipinski definition) is 1. The first kappa shape index (κ1) is 9.65. The van der Waals surface area contributed by atoms with Gasteiger partial charge in [-0.1, -0.05) is 23.2 Å². The van der Waals surface area contributed by atoms with Crippen molar-refractivity contribution in [1.29, 1.82) is 0 Å². The van der Waals surface area contributed by atoms with E-state index in [1.165, 1.54) is 0 Å². The molecule has 0 saturated heterocycles. The first-order valence-electron chi connectivity index (χ1n) is 3.31. The maximum Gasteiger partial charge on any atom is 0.152 e. The Bertz CT molecular complexity index is 263. The van der Waals surface area contributed by atoms with Gasteiger partial charge in [-0.2, -0.15) is 0 Å². The van der Waals surface area contributed by atoms with Crippen molar-refractivity contribution in [2.24, 2.45) is 0 Å². The van der Waals surface area contributed by atoms with E-state index < -0.39 is 0 Å². The topological polar surface area (TPSA) is 29.5 Å². The standard InChI is InChI=1S/C8H8Cl2O2/c1-12-4-5-2-6(9)8(11)7(10)3-5/h2-3,11H,4H2,1H3. The molecule has 0 atom stereocenters. The number of phenolic OH excluding ortho intramolecular Hbond substituents is 1. The number of ether oxygens (including phenoxy) is 1. The molecule has 1 aromatic carbocycles. The van der Waals surface area contributed by atoms with Gasteiger partial charge < -0.3 is 9.84 Å². The number of rotatable bonds is 2. The summed E-state index contributed by atoms with van der Waals surface area (Å²) in [7, 11) is 1.58. The highest BCUT2D eigenvalue weighted by atomic mass is 35.5. The molecule has 2 nitrogen and oxygen atoms in total. The van der Waals surface area contributed by atoms with Crippen LogP contribution in [-0.4, -0.2) is 12.2 Å². The SMILES string of the molecule is COCc1cc(Cl)c(O)c(Cl)c1. The molecule has 0 heterocycles. The molecule has 0 aromatic heterocycles. The van der Waals surface area contributed by atoms with Crippen LogP contribution in [-0.2, 0) is 11.3 Å². The highest BCUT2D eigenvalue weighted by Gasteiger charge is 2.05. The molecule has 66 valence electrons. The van der Waals surface area contributed by atoms with E-state index in [4.69, 9.17) is 27.9 Å². The quantitative estimate of drug-likeness (QED) is 0.807. The Morgan fingerprint density at radius 1 is 1.33 bits per heavy atom. The second kappa shape index (κ2) is 3.99. The highest BCUT2D eigenvalue weighted by Crippen LogP contribution is 2.32. The van der Waals surface area contributed by atoms with Crippen LogP contribution in [0.1, 0.15) is 5.56 Å². The molecule has 0 unspecified atom stereocenters. The number of phenols is 1. The van der Waals surface area contributed by atoms with Gasteiger partial charge in [0.05, 0.1) is 16.7 Å². The number of benzene rings is 1. The van der Waals surface area contributed by atoms with E-state index in [1.54, 1.807) is 19.2 Å². The van der Waals surface area contributed by atoms with Crippen molar-refractivity contribution in [2.45, 2.75) is 6.61 Å². The molecule has 0 saturated carbocycles. The second-order valence-corrected chi connectivity index (χ2v) is 3.16. The summed E-state index contributed by atoms with van der Waals surface area (Å²) in [5, 5.41) is 9.68. The van der Waals surface area contributed by atoms with Crippen LogP contribution in [0.25, 0.3) is 0 Å². The molecule has 0 radical (unpaired) electrons. The summed E-state index contributed by atoms with van der Waals surface area (Å²) in [6.07, 6.45) is 0. The lowest BCUT2D eigenvalue weighted by molar-refractivity contribution is 0.185. The maximum atomic E-state index is 9.19. The summed E-state index contributed by atoms with van der Waals surface area (Å²) in [6.45, 7) is 0.430. The van der Waals surface area contributed by atoms with E-state index in [1.807, 2.05) is 0 Å². The van der Waals surface area contributed by atoms with Crippen molar-refractivity contribution in [3.05, 3.63) is 27.7 Å². The van der Waals surface area contributed by atoms with Crippen molar-refractivity contribution in [2.75, 3.05) is 7.11 Å². The molecular weight excluding hydrogens is 199 g/mol. The molecule has 1 aromatic rings. The molecule has 0 aliphatic heterocycles. The minimum absolute atomic E-state index is 0.0850. The number of methoxy groups -OCH3 is 1. The van der Waals surface area contributed by atoms with Crippen LogP contribution < -0.4 is 0 Å². The lowest BCUT2D eigenvalue weighted by Gasteiger charge is -2.03. The summed E-state index contributed by atoms with van der Waals surface area (Å²) >= 11 is 11.3. The van der Waals surface area contributed by atoms with Crippen LogP contribution >= 0.6 is 23.2 Å². The largest absolute Gasteiger partial charge is 0.505 e. The number of halogens is 2. The van der Waals surface area contributed by atoms with Gasteiger partial charge >= 0.3 is 0 Å². The monoisotopic (exact) mass is 206 g/mol. The first-order valence-corrected chi connectivity index (χ1v) is 4.06. The molecular formula is C8H8Cl2O2. The Morgan fingerprint density at radius 3 is 2.25 bits per heavy atom. The zero-order chi connectivity index (χ0) is 9.14. The third-order valence-corrected chi connectivity index (χ3v) is 1.96. The Kier molecular flexibility index (Phi) is 3.20. The van der Waals surface area contributed by atoms with Gasteiger partial charge in [0.1, 0.15) is 0 Å². The van der Waals surface area contributed by atoms with Gasteiger partial charge in [-0.05, 0) is 17.7 Å². The van der Waals surface area contributed by atoms with Crippen LogP contribution in [0.15, 0.2) is 12.1 Å². The molecule has 0 aliphatic carbocycles. The van der Waals surface area contributed by atoms with Gasteiger partial charge in [-0.25, -0.2) is 0 Å². The maximum absolute atomic E-state index is 9.19. The Labute approximate surface area is 80.7 Å². The number of hydrogen-bond acceptors (Lipinski definition) is 2. The van der Waals surface area contributed by atoms with Crippen LogP contribution in [0.3, 0.4) is 0 Å². The number of aromatic hydroxyl groups is 1. The van der Waals surface area contributed by atoms with Gasteiger partial charge in [0.2, 0.25) is 0 Å². The third kappa shape index (κ3) is 2.03. The summed E-state index contributed by atoms with van der Waals surface area (Å²) in [6, 6.07) is 3.23. The fourth-order valence-electron chi connectivity index (χ4n) is 0.868. The smallest absolute Gasteiger partial charge is 0.152 e. The summed E-state index contributed by atoms with van der Waals surface area (Å²) in [5.41, 5.74) is 0.838. The summed E-state index contributed by atoms with van der Waals surface area (Å²) < 4.78 is 4.88. The predicted octanol–water partition coefficient (Wildman–Crippen LogP) is 2.85. The average molecular weight is 207 g/mol. The van der Waals surface area contributed by atoms with Crippen molar-refractivity contribution < 1.29 is 9.84 Å². The molecule has 0 amide bonds. The van der Waals surface area contributed by atoms with Gasteiger partial charge in [0, 0.05) is 7.11 Å². The Hall–Kier alpha value is -0.440. The van der Waals surface area contributed by atoms with Crippen molar-refractivity contribution in [3.8, 4) is 5.75 Å². The molecule has 4 heteroatoms. The minimum Gasteiger partial charge on any atom is -0.505 e. The van der Waals surface area contributed by atoms with Crippen LogP contribution in [0.4, 0.5) is 0 Å². The van der Waals surface area contributed by atoms with E-state index in [2.05, 4.69) is 0 Å². The van der Waals surface area contributed by atoms with Crippen LogP contribution in [0.5, 0.6) is 5.75 Å². The lowest BCUT2D eigenvalue weighted by Crippen LogP contribution is -1.87. The molecule has 0 fully saturated rings. The van der Waals surface area contributed by atoms with Crippen molar-refractivity contribution in [1.82, 2.24) is 0 Å². The molecule has 0 spiro atoms. The van der Waals surface area contributed by atoms with Crippen LogP contribution in [0.2, 0.25) is 10.0 Å². The normalized spacial score (nSPS) is 10.2. The molecule has 0 bridgehead atoms. The Morgan fingerprint density at radius 2 is 1.83 bits per heavy atom. The zero-order valence-electron chi connectivity index (χ0n) is 6.47. The first-order chi connectivity index (χ1) is 5.65. The molecule has 12 heavy (non-hydrogen) atoms. The summed E-state index contributed by atoms with van der Waals surface area (Å²) in [4.78, 5) is 0. The predicted molar refractivity (Wildman–Crippen MR) is 48.8 cm³/mol. The fraction of sp³-hybridized carbons (Fsp3) is 0.250. The molecule has 1 N–H and O–H groups in total. The van der Waals surface area contributed by atoms with E-state index in [0.29, 0.717) is 6.61 Å². The fourth-order valence-corrected chi connectivity index (χ4v) is 1.40.